The molecule has 1 aromatic carbocycles. The predicted octanol–water partition coefficient (Wildman–Crippen LogP) is 0.955. The first-order valence-electron chi connectivity index (χ1n) is 4.61. The van der Waals surface area contributed by atoms with Gasteiger partial charge in [0, 0.05) is 18.3 Å². The number of nitrogens with zero attached hydrogens (tertiary/aromatic N) is 3. The minimum absolute atomic E-state index is 0.404. The fourth-order valence-corrected chi connectivity index (χ4v) is 1.45. The summed E-state index contributed by atoms with van der Waals surface area (Å²) in [5, 5.41) is 4.21. The highest BCUT2D eigenvalue weighted by molar-refractivity contribution is 5.64. The van der Waals surface area contributed by atoms with Gasteiger partial charge >= 0.3 is 0 Å². The molecule has 0 spiro atoms. The van der Waals surface area contributed by atoms with Crippen LogP contribution in [0, 0.1) is 6.92 Å². The van der Waals surface area contributed by atoms with Crippen LogP contribution in [0.4, 0.5) is 11.6 Å². The van der Waals surface area contributed by atoms with Gasteiger partial charge in [0.1, 0.15) is 0 Å². The normalized spacial score (nSPS) is 10.5. The Morgan fingerprint density at radius 3 is 2.53 bits per heavy atom. The molecule has 0 radical (unpaired) electrons. The van der Waals surface area contributed by atoms with Crippen molar-refractivity contribution in [3.8, 4) is 11.4 Å². The minimum atomic E-state index is 0.404. The molecule has 0 amide bonds. The zero-order valence-corrected chi connectivity index (χ0v) is 8.73. The molecule has 0 fully saturated rings. The average Bonchev–Trinajstić information content (AvgIpc) is 2.46. The van der Waals surface area contributed by atoms with Crippen LogP contribution in [-0.2, 0) is 7.05 Å². The van der Waals surface area contributed by atoms with Crippen LogP contribution in [0.1, 0.15) is 5.56 Å². The second-order valence-corrected chi connectivity index (χ2v) is 3.49. The van der Waals surface area contributed by atoms with Crippen LogP contribution in [0.25, 0.3) is 11.4 Å². The van der Waals surface area contributed by atoms with E-state index < -0.39 is 0 Å². The number of aromatic nitrogens is 3. The van der Waals surface area contributed by atoms with Crippen molar-refractivity contribution in [3.05, 3.63) is 23.8 Å². The van der Waals surface area contributed by atoms with Crippen molar-refractivity contribution >= 4 is 11.6 Å². The van der Waals surface area contributed by atoms with Crippen molar-refractivity contribution < 1.29 is 0 Å². The number of rotatable bonds is 1. The molecule has 0 saturated heterocycles. The van der Waals surface area contributed by atoms with Gasteiger partial charge in [0.25, 0.3) is 0 Å². The number of nitrogens with two attached hydrogens (primary N) is 2. The number of aryl methyl sites for hydroxylation is 2. The van der Waals surface area contributed by atoms with E-state index in [-0.39, 0.29) is 0 Å². The predicted molar refractivity (Wildman–Crippen MR) is 60.0 cm³/mol. The van der Waals surface area contributed by atoms with E-state index in [0.717, 1.165) is 16.8 Å². The molecule has 2 rings (SSSR count). The standard InChI is InChI=1S/C10H13N5/c1-6-5-7(11)3-4-8(6)9-13-10(12)15(2)14-9/h3-5H,11H2,1-2H3,(H2,12,13,14). The quantitative estimate of drug-likeness (QED) is 0.676. The Kier molecular flexibility index (Phi) is 2.07. The van der Waals surface area contributed by atoms with E-state index in [1.165, 1.54) is 0 Å². The summed E-state index contributed by atoms with van der Waals surface area (Å²) < 4.78 is 1.55. The second-order valence-electron chi connectivity index (χ2n) is 3.49. The van der Waals surface area contributed by atoms with Crippen molar-refractivity contribution in [1.29, 1.82) is 0 Å². The van der Waals surface area contributed by atoms with Gasteiger partial charge in [-0.1, -0.05) is 0 Å². The third kappa shape index (κ3) is 1.63. The van der Waals surface area contributed by atoms with Gasteiger partial charge in [-0.2, -0.15) is 4.98 Å². The smallest absolute Gasteiger partial charge is 0.218 e. The van der Waals surface area contributed by atoms with Crippen molar-refractivity contribution in [2.45, 2.75) is 6.92 Å². The molecule has 1 aromatic heterocycles. The van der Waals surface area contributed by atoms with E-state index in [1.54, 1.807) is 11.7 Å². The fourth-order valence-electron chi connectivity index (χ4n) is 1.45. The van der Waals surface area contributed by atoms with Crippen molar-refractivity contribution in [2.24, 2.45) is 7.05 Å². The van der Waals surface area contributed by atoms with Gasteiger partial charge < -0.3 is 11.5 Å². The van der Waals surface area contributed by atoms with Crippen LogP contribution in [0.2, 0.25) is 0 Å². The van der Waals surface area contributed by atoms with Crippen LogP contribution in [0.15, 0.2) is 18.2 Å². The summed E-state index contributed by atoms with van der Waals surface area (Å²) in [5.74, 6) is 1.04. The summed E-state index contributed by atoms with van der Waals surface area (Å²) in [4.78, 5) is 4.16. The fraction of sp³-hybridized carbons (Fsp3) is 0.200. The Labute approximate surface area is 87.7 Å². The Balaban J connectivity index is 2.54. The topological polar surface area (TPSA) is 82.7 Å². The molecular weight excluding hydrogens is 190 g/mol. The molecule has 0 aliphatic heterocycles. The molecule has 0 saturated carbocycles. The first kappa shape index (κ1) is 9.51. The Morgan fingerprint density at radius 1 is 1.27 bits per heavy atom. The Bertz CT molecular complexity index is 481. The SMILES string of the molecule is Cc1cc(N)ccc1-c1nc(N)n(C)n1. The van der Waals surface area contributed by atoms with Gasteiger partial charge in [0.05, 0.1) is 0 Å². The van der Waals surface area contributed by atoms with Gasteiger partial charge in [0.15, 0.2) is 5.82 Å². The third-order valence-corrected chi connectivity index (χ3v) is 2.29. The molecule has 0 atom stereocenters. The van der Waals surface area contributed by atoms with Gasteiger partial charge in [-0.3, -0.25) is 0 Å². The molecule has 78 valence electrons. The second kappa shape index (κ2) is 3.27. The average molecular weight is 203 g/mol. The zero-order chi connectivity index (χ0) is 11.0. The molecule has 5 heteroatoms. The molecule has 15 heavy (non-hydrogen) atoms. The molecule has 1 heterocycles. The lowest BCUT2D eigenvalue weighted by atomic mass is 10.1. The van der Waals surface area contributed by atoms with Gasteiger partial charge in [-0.25, -0.2) is 4.68 Å². The summed E-state index contributed by atoms with van der Waals surface area (Å²) in [6.07, 6.45) is 0. The van der Waals surface area contributed by atoms with E-state index in [4.69, 9.17) is 11.5 Å². The zero-order valence-electron chi connectivity index (χ0n) is 8.73. The van der Waals surface area contributed by atoms with E-state index in [1.807, 2.05) is 25.1 Å². The lowest BCUT2D eigenvalue weighted by Gasteiger charge is -2.01. The van der Waals surface area contributed by atoms with Crippen molar-refractivity contribution in [1.82, 2.24) is 14.8 Å². The molecule has 0 aliphatic carbocycles. The van der Waals surface area contributed by atoms with Crippen LogP contribution in [0.3, 0.4) is 0 Å². The maximum atomic E-state index is 5.67. The molecule has 0 bridgehead atoms. The molecule has 2 aromatic rings. The maximum Gasteiger partial charge on any atom is 0.218 e. The Morgan fingerprint density at radius 2 is 2.00 bits per heavy atom. The molecular formula is C10H13N5. The number of nitrogen functional groups attached to an aromatic ring is 2. The van der Waals surface area contributed by atoms with Crippen molar-refractivity contribution in [3.63, 3.8) is 0 Å². The van der Waals surface area contributed by atoms with E-state index >= 15 is 0 Å². The number of anilines is 2. The minimum Gasteiger partial charge on any atom is -0.399 e. The summed E-state index contributed by atoms with van der Waals surface area (Å²) in [6, 6.07) is 5.62. The number of benzene rings is 1. The largest absolute Gasteiger partial charge is 0.399 e. The van der Waals surface area contributed by atoms with Gasteiger partial charge in [0.2, 0.25) is 5.95 Å². The van der Waals surface area contributed by atoms with Crippen LogP contribution in [0.5, 0.6) is 0 Å². The highest BCUT2D eigenvalue weighted by Gasteiger charge is 2.08. The summed E-state index contributed by atoms with van der Waals surface area (Å²) in [5.41, 5.74) is 14.0. The number of hydrogen-bond acceptors (Lipinski definition) is 4. The lowest BCUT2D eigenvalue weighted by Crippen LogP contribution is -1.97. The van der Waals surface area contributed by atoms with E-state index in [0.29, 0.717) is 11.8 Å². The van der Waals surface area contributed by atoms with Crippen LogP contribution in [-0.4, -0.2) is 14.8 Å². The van der Waals surface area contributed by atoms with Gasteiger partial charge in [-0.05, 0) is 30.7 Å². The van der Waals surface area contributed by atoms with Crippen LogP contribution >= 0.6 is 0 Å². The first-order chi connectivity index (χ1) is 7.08. The monoisotopic (exact) mass is 203 g/mol. The first-order valence-corrected chi connectivity index (χ1v) is 4.61. The summed E-state index contributed by atoms with van der Waals surface area (Å²) >= 11 is 0. The maximum absolute atomic E-state index is 5.67. The lowest BCUT2D eigenvalue weighted by molar-refractivity contribution is 0.780. The molecule has 0 unspecified atom stereocenters. The van der Waals surface area contributed by atoms with E-state index in [2.05, 4.69) is 10.1 Å². The van der Waals surface area contributed by atoms with Gasteiger partial charge in [-0.15, -0.1) is 5.10 Å². The number of hydrogen-bond donors (Lipinski definition) is 2. The summed E-state index contributed by atoms with van der Waals surface area (Å²) in [7, 11) is 1.76. The molecule has 4 N–H and O–H groups in total. The van der Waals surface area contributed by atoms with Crippen molar-refractivity contribution in [2.75, 3.05) is 11.5 Å². The summed E-state index contributed by atoms with van der Waals surface area (Å²) in [6.45, 7) is 1.97. The van der Waals surface area contributed by atoms with E-state index in [9.17, 15) is 0 Å². The highest BCUT2D eigenvalue weighted by atomic mass is 15.4. The molecule has 5 nitrogen and oxygen atoms in total. The highest BCUT2D eigenvalue weighted by Crippen LogP contribution is 2.22. The third-order valence-electron chi connectivity index (χ3n) is 2.29. The molecule has 0 aliphatic rings. The Hall–Kier alpha value is -2.04. The van der Waals surface area contributed by atoms with Crippen LogP contribution < -0.4 is 11.5 Å².